The van der Waals surface area contributed by atoms with Crippen molar-refractivity contribution in [3.8, 4) is 0 Å². The van der Waals surface area contributed by atoms with Crippen molar-refractivity contribution >= 4 is 5.97 Å². The smallest absolute Gasteiger partial charge is 0.306 e. The second kappa shape index (κ2) is 31.8. The second-order valence-electron chi connectivity index (χ2n) is 18.9. The Morgan fingerprint density at radius 3 is 1.61 bits per heavy atom. The topological polar surface area (TPSA) is 26.3 Å². The van der Waals surface area contributed by atoms with Crippen molar-refractivity contribution in [1.29, 1.82) is 0 Å². The summed E-state index contributed by atoms with van der Waals surface area (Å²) < 4.78 is 5.98. The number of allylic oxidation sites excluding steroid dienone is 33. The van der Waals surface area contributed by atoms with E-state index in [0.29, 0.717) is 24.2 Å². The summed E-state index contributed by atoms with van der Waals surface area (Å²) in [6, 6.07) is 0. The van der Waals surface area contributed by atoms with E-state index in [1.807, 2.05) is 0 Å². The number of carbonyl (C=O) groups excluding carboxylic acids is 1. The molecule has 0 heterocycles. The zero-order valence-corrected chi connectivity index (χ0v) is 42.0. The van der Waals surface area contributed by atoms with Gasteiger partial charge in [-0.1, -0.05) is 232 Å². The van der Waals surface area contributed by atoms with Crippen LogP contribution < -0.4 is 0 Å². The van der Waals surface area contributed by atoms with Crippen LogP contribution in [0.15, 0.2) is 203 Å². The van der Waals surface area contributed by atoms with Gasteiger partial charge in [-0.25, -0.2) is 0 Å². The first-order chi connectivity index (χ1) is 30.6. The molecule has 2 nitrogen and oxygen atoms in total. The minimum Gasteiger partial charge on any atom is -0.462 e. The van der Waals surface area contributed by atoms with Gasteiger partial charge in [0.05, 0.1) is 0 Å². The van der Waals surface area contributed by atoms with Crippen LogP contribution in [0, 0.1) is 16.7 Å². The lowest BCUT2D eigenvalue weighted by Gasteiger charge is -2.37. The molecule has 0 saturated carbocycles. The van der Waals surface area contributed by atoms with Gasteiger partial charge >= 0.3 is 5.97 Å². The molecule has 0 radical (unpaired) electrons. The van der Waals surface area contributed by atoms with E-state index < -0.39 is 0 Å². The van der Waals surface area contributed by atoms with Crippen molar-refractivity contribution < 1.29 is 9.53 Å². The molecular weight excluding hydrogens is 777 g/mol. The molecular formula is C62H86O2. The lowest BCUT2D eigenvalue weighted by molar-refractivity contribution is -0.150. The van der Waals surface area contributed by atoms with Crippen molar-refractivity contribution in [2.24, 2.45) is 16.7 Å². The van der Waals surface area contributed by atoms with Gasteiger partial charge < -0.3 is 4.74 Å². The van der Waals surface area contributed by atoms with Gasteiger partial charge in [0.15, 0.2) is 0 Å². The third-order valence-electron chi connectivity index (χ3n) is 11.8. The van der Waals surface area contributed by atoms with Crippen molar-refractivity contribution in [2.75, 3.05) is 0 Å². The predicted octanol–water partition coefficient (Wildman–Crippen LogP) is 18.5. The maximum absolute atomic E-state index is 12.7. The van der Waals surface area contributed by atoms with Crippen molar-refractivity contribution in [1.82, 2.24) is 0 Å². The minimum absolute atomic E-state index is 0.0780. The number of hydrogen-bond donors (Lipinski definition) is 0. The average Bonchev–Trinajstić information content (AvgIpc) is 3.22. The molecule has 0 saturated heterocycles. The summed E-state index contributed by atoms with van der Waals surface area (Å²) in [5, 5.41) is 0. The Balaban J connectivity index is 1.74. The van der Waals surface area contributed by atoms with Crippen molar-refractivity contribution in [3.05, 3.63) is 203 Å². The Morgan fingerprint density at radius 1 is 0.641 bits per heavy atom. The predicted molar refractivity (Wildman–Crippen MR) is 284 cm³/mol. The molecule has 0 bridgehead atoms. The Hall–Kier alpha value is -4.95. The zero-order valence-electron chi connectivity index (χ0n) is 42.0. The monoisotopic (exact) mass is 863 g/mol. The standard InChI is InChI=1S/C62H86O2/c1-12-13-14-15-16-17-18-19-20-21-22-23-24-25-26-27-28-29-30-43-60(63)64-57-49-56(7)59(62(10,11)50-57)47-45-54(5)41-34-39-52(3)37-32-31-36-51(2)38-33-40-53(4)44-46-58-55(6)42-35-48-61(58,8)9/h13-14,16-17,19-20,22-23,25-26,28-29,31-34,36-42,44-47,57-58H,12,15,18,21,24,27,30,35,43,48-50H2,1-11H3/b14-13-,17-16-,20-19-,23-22-,26-25-,29-28-,32-31+,38-33+,39-34+,46-44+,47-45+,51-36+,52-37+,53-40+,54-41+/t57-,58+/m1/s1. The van der Waals surface area contributed by atoms with E-state index in [2.05, 4.69) is 240 Å². The summed E-state index contributed by atoms with van der Waals surface area (Å²) in [6.07, 6.45) is 70.2. The summed E-state index contributed by atoms with van der Waals surface area (Å²) in [5.41, 5.74) is 9.22. The molecule has 0 amide bonds. The van der Waals surface area contributed by atoms with Crippen LogP contribution in [0.5, 0.6) is 0 Å². The fraction of sp³-hybridized carbons (Fsp3) is 0.435. The molecule has 0 N–H and O–H groups in total. The highest BCUT2D eigenvalue weighted by Crippen LogP contribution is 2.43. The number of esters is 1. The van der Waals surface area contributed by atoms with E-state index in [1.54, 1.807) is 0 Å². The molecule has 0 aliphatic heterocycles. The van der Waals surface area contributed by atoms with Crippen molar-refractivity contribution in [3.63, 3.8) is 0 Å². The summed E-state index contributed by atoms with van der Waals surface area (Å²) >= 11 is 0. The molecule has 2 aliphatic carbocycles. The number of carbonyl (C=O) groups is 1. The molecule has 2 heteroatoms. The van der Waals surface area contributed by atoms with Gasteiger partial charge in [0.2, 0.25) is 0 Å². The van der Waals surface area contributed by atoms with Crippen LogP contribution in [0.2, 0.25) is 0 Å². The third-order valence-corrected chi connectivity index (χ3v) is 11.8. The molecule has 0 aromatic heterocycles. The molecule has 0 unspecified atom stereocenters. The van der Waals surface area contributed by atoms with Crippen LogP contribution in [0.1, 0.15) is 153 Å². The summed E-state index contributed by atoms with van der Waals surface area (Å²) in [4.78, 5) is 12.7. The van der Waals surface area contributed by atoms with Gasteiger partial charge in [0.25, 0.3) is 0 Å². The largest absolute Gasteiger partial charge is 0.462 e. The highest BCUT2D eigenvalue weighted by Gasteiger charge is 2.34. The van der Waals surface area contributed by atoms with Gasteiger partial charge in [-0.05, 0) is 122 Å². The van der Waals surface area contributed by atoms with Crippen LogP contribution in [-0.4, -0.2) is 12.1 Å². The fourth-order valence-electron chi connectivity index (χ4n) is 8.10. The number of hydrogen-bond acceptors (Lipinski definition) is 2. The van der Waals surface area contributed by atoms with E-state index in [4.69, 9.17) is 4.74 Å². The van der Waals surface area contributed by atoms with E-state index in [1.165, 1.54) is 51.9 Å². The Labute approximate surface area is 393 Å². The summed E-state index contributed by atoms with van der Waals surface area (Å²) in [6.45, 7) is 24.5. The Morgan fingerprint density at radius 2 is 1.11 bits per heavy atom. The van der Waals surface area contributed by atoms with Crippen LogP contribution in [0.3, 0.4) is 0 Å². The molecule has 346 valence electrons. The van der Waals surface area contributed by atoms with Crippen LogP contribution in [0.25, 0.3) is 0 Å². The molecule has 0 aromatic carbocycles. The molecule has 0 fully saturated rings. The Kier molecular flexibility index (Phi) is 27.4. The van der Waals surface area contributed by atoms with Gasteiger partial charge in [-0.2, -0.15) is 0 Å². The Bertz CT molecular complexity index is 1970. The average molecular weight is 863 g/mol. The van der Waals surface area contributed by atoms with E-state index in [9.17, 15) is 4.79 Å². The van der Waals surface area contributed by atoms with Crippen LogP contribution >= 0.6 is 0 Å². The highest BCUT2D eigenvalue weighted by molar-refractivity contribution is 5.69. The van der Waals surface area contributed by atoms with Crippen LogP contribution in [-0.2, 0) is 9.53 Å². The number of ether oxygens (including phenoxy) is 1. The third kappa shape index (κ3) is 24.8. The first kappa shape index (κ1) is 55.2. The number of rotatable bonds is 25. The van der Waals surface area contributed by atoms with Gasteiger partial charge in [-0.15, -0.1) is 0 Å². The second-order valence-corrected chi connectivity index (χ2v) is 18.9. The molecule has 2 aliphatic rings. The maximum atomic E-state index is 12.7. The minimum atomic E-state index is -0.106. The van der Waals surface area contributed by atoms with Gasteiger partial charge in [0.1, 0.15) is 6.10 Å². The van der Waals surface area contributed by atoms with Gasteiger partial charge in [0, 0.05) is 18.8 Å². The zero-order chi connectivity index (χ0) is 47.1. The lowest BCUT2D eigenvalue weighted by atomic mass is 9.68. The summed E-state index contributed by atoms with van der Waals surface area (Å²) in [5.74, 6) is 0.406. The maximum Gasteiger partial charge on any atom is 0.306 e. The van der Waals surface area contributed by atoms with Gasteiger partial charge in [-0.3, -0.25) is 4.79 Å². The van der Waals surface area contributed by atoms with E-state index >= 15 is 0 Å². The van der Waals surface area contributed by atoms with Crippen LogP contribution in [0.4, 0.5) is 0 Å². The first-order valence-electron chi connectivity index (χ1n) is 24.2. The highest BCUT2D eigenvalue weighted by atomic mass is 16.5. The van der Waals surface area contributed by atoms with E-state index in [-0.39, 0.29) is 17.5 Å². The fourth-order valence-corrected chi connectivity index (χ4v) is 8.10. The lowest BCUT2D eigenvalue weighted by Crippen LogP contribution is -2.31. The molecule has 64 heavy (non-hydrogen) atoms. The summed E-state index contributed by atoms with van der Waals surface area (Å²) in [7, 11) is 0. The van der Waals surface area contributed by atoms with E-state index in [0.717, 1.165) is 51.4 Å². The molecule has 2 atom stereocenters. The molecule has 0 aromatic rings. The molecule has 2 rings (SSSR count). The first-order valence-corrected chi connectivity index (χ1v) is 24.2. The SMILES string of the molecule is CC/C=C\C/C=C\C/C=C\C/C=C\C/C=C\C/C=C\CCC(=O)O[C@@H]1CC(C)=C(/C=C/C(C)=C/C=C/C(C)=C/C=C/C=C(C)/C=C/C=C(C)/C=C/[C@H]2C(C)=CCCC2(C)C)C(C)(C)C1. The molecule has 0 spiro atoms. The normalized spacial score (nSPS) is 21.0. The van der Waals surface area contributed by atoms with Crippen molar-refractivity contribution in [2.45, 2.75) is 159 Å². The quantitative estimate of drug-likeness (QED) is 0.0519.